The van der Waals surface area contributed by atoms with Gasteiger partial charge in [-0.05, 0) is 18.2 Å². The molecule has 134 valence electrons. The average Bonchev–Trinajstić information content (AvgIpc) is 3.20. The number of hydrogen-bond donors (Lipinski definition) is 0. The van der Waals surface area contributed by atoms with Crippen molar-refractivity contribution in [1.29, 1.82) is 0 Å². The van der Waals surface area contributed by atoms with Crippen LogP contribution in [-0.4, -0.2) is 48.9 Å². The van der Waals surface area contributed by atoms with Gasteiger partial charge in [0.15, 0.2) is 6.10 Å². The molecule has 0 spiro atoms. The Hall–Kier alpha value is -2.04. The quantitative estimate of drug-likeness (QED) is 0.803. The SMILES string of the molecule is CS(=O)(=O)N1CCOC(c2nnc(C3Cc4cc(F)ccc4O3)o2)C1. The van der Waals surface area contributed by atoms with Crippen LogP contribution in [0.5, 0.6) is 5.75 Å². The van der Waals surface area contributed by atoms with Crippen LogP contribution in [0.25, 0.3) is 0 Å². The Morgan fingerprint density at radius 3 is 2.76 bits per heavy atom. The van der Waals surface area contributed by atoms with E-state index in [2.05, 4.69) is 10.2 Å². The highest BCUT2D eigenvalue weighted by molar-refractivity contribution is 7.88. The minimum atomic E-state index is -3.31. The minimum Gasteiger partial charge on any atom is -0.480 e. The van der Waals surface area contributed by atoms with Gasteiger partial charge in [0.2, 0.25) is 15.9 Å². The van der Waals surface area contributed by atoms with E-state index in [0.29, 0.717) is 18.7 Å². The summed E-state index contributed by atoms with van der Waals surface area (Å²) < 4.78 is 54.9. The normalized spacial score (nSPS) is 24.1. The van der Waals surface area contributed by atoms with Crippen molar-refractivity contribution in [2.75, 3.05) is 26.0 Å². The zero-order chi connectivity index (χ0) is 17.6. The molecule has 25 heavy (non-hydrogen) atoms. The maximum Gasteiger partial charge on any atom is 0.257 e. The van der Waals surface area contributed by atoms with Crippen LogP contribution in [0.2, 0.25) is 0 Å². The van der Waals surface area contributed by atoms with Crippen LogP contribution in [0.4, 0.5) is 4.39 Å². The lowest BCUT2D eigenvalue weighted by Crippen LogP contribution is -2.41. The molecule has 0 saturated carbocycles. The zero-order valence-corrected chi connectivity index (χ0v) is 14.2. The molecule has 0 radical (unpaired) electrons. The molecular formula is C15H16FN3O5S. The van der Waals surface area contributed by atoms with Crippen molar-refractivity contribution in [3.8, 4) is 5.75 Å². The Labute approximate surface area is 143 Å². The maximum absolute atomic E-state index is 13.3. The van der Waals surface area contributed by atoms with Gasteiger partial charge in [0.25, 0.3) is 5.89 Å². The van der Waals surface area contributed by atoms with E-state index in [1.165, 1.54) is 16.4 Å². The summed E-state index contributed by atoms with van der Waals surface area (Å²) in [5.74, 6) is 0.717. The van der Waals surface area contributed by atoms with Crippen LogP contribution in [0.3, 0.4) is 0 Å². The summed E-state index contributed by atoms with van der Waals surface area (Å²) >= 11 is 0. The van der Waals surface area contributed by atoms with E-state index < -0.39 is 22.2 Å². The predicted octanol–water partition coefficient (Wildman–Crippen LogP) is 1.22. The number of hydrogen-bond acceptors (Lipinski definition) is 7. The number of halogens is 1. The molecule has 2 aromatic rings. The Kier molecular flexibility index (Phi) is 3.97. The van der Waals surface area contributed by atoms with Gasteiger partial charge in [0.05, 0.1) is 12.9 Å². The molecule has 3 heterocycles. The molecule has 1 aromatic heterocycles. The fraction of sp³-hybridized carbons (Fsp3) is 0.467. The Morgan fingerprint density at radius 2 is 2.00 bits per heavy atom. The van der Waals surface area contributed by atoms with Crippen molar-refractivity contribution < 1.29 is 26.7 Å². The van der Waals surface area contributed by atoms with E-state index in [0.717, 1.165) is 11.8 Å². The second-order valence-corrected chi connectivity index (χ2v) is 8.00. The van der Waals surface area contributed by atoms with Crippen molar-refractivity contribution in [1.82, 2.24) is 14.5 Å². The number of ether oxygens (including phenoxy) is 2. The van der Waals surface area contributed by atoms with Gasteiger partial charge in [-0.1, -0.05) is 0 Å². The van der Waals surface area contributed by atoms with Gasteiger partial charge in [-0.25, -0.2) is 12.8 Å². The molecule has 2 aliphatic heterocycles. The maximum atomic E-state index is 13.3. The third-order valence-electron chi connectivity index (χ3n) is 4.20. The molecule has 0 amide bonds. The van der Waals surface area contributed by atoms with Gasteiger partial charge in [-0.3, -0.25) is 0 Å². The molecule has 4 rings (SSSR count). The van der Waals surface area contributed by atoms with Crippen molar-refractivity contribution >= 4 is 10.0 Å². The first-order chi connectivity index (χ1) is 11.9. The van der Waals surface area contributed by atoms with Crippen LogP contribution in [-0.2, 0) is 21.2 Å². The summed E-state index contributed by atoms with van der Waals surface area (Å²) in [5, 5.41) is 7.95. The standard InChI is InChI=1S/C15H16FN3O5S/c1-25(20,21)19-4-5-22-13(8-19)15-18-17-14(24-15)12-7-9-6-10(16)2-3-11(9)23-12/h2-3,6,12-13H,4-5,7-8H2,1H3. The molecule has 0 bridgehead atoms. The molecule has 2 atom stereocenters. The summed E-state index contributed by atoms with van der Waals surface area (Å²) in [5.41, 5.74) is 0.738. The number of sulfonamides is 1. The summed E-state index contributed by atoms with van der Waals surface area (Å²) in [6.45, 7) is 0.667. The molecule has 1 saturated heterocycles. The fourth-order valence-corrected chi connectivity index (χ4v) is 3.75. The summed E-state index contributed by atoms with van der Waals surface area (Å²) in [6, 6.07) is 4.31. The van der Waals surface area contributed by atoms with Crippen molar-refractivity contribution in [2.45, 2.75) is 18.6 Å². The first-order valence-electron chi connectivity index (χ1n) is 7.75. The molecule has 10 heteroatoms. The second kappa shape index (κ2) is 6.04. The van der Waals surface area contributed by atoms with Crippen molar-refractivity contribution in [2.24, 2.45) is 0 Å². The number of benzene rings is 1. The molecular weight excluding hydrogens is 353 g/mol. The molecule has 0 aliphatic carbocycles. The van der Waals surface area contributed by atoms with Crippen molar-refractivity contribution in [3.63, 3.8) is 0 Å². The molecule has 2 unspecified atom stereocenters. The summed E-state index contributed by atoms with van der Waals surface area (Å²) in [4.78, 5) is 0. The monoisotopic (exact) mass is 369 g/mol. The highest BCUT2D eigenvalue weighted by Crippen LogP contribution is 2.37. The third-order valence-corrected chi connectivity index (χ3v) is 5.47. The van der Waals surface area contributed by atoms with Gasteiger partial charge in [0.1, 0.15) is 17.7 Å². The zero-order valence-electron chi connectivity index (χ0n) is 13.4. The molecule has 1 fully saturated rings. The summed E-state index contributed by atoms with van der Waals surface area (Å²) in [6.07, 6.45) is 0.464. The molecule has 1 aromatic carbocycles. The lowest BCUT2D eigenvalue weighted by molar-refractivity contribution is -0.0184. The largest absolute Gasteiger partial charge is 0.480 e. The molecule has 2 aliphatic rings. The number of fused-ring (bicyclic) bond motifs is 1. The number of morpholine rings is 1. The Bertz CT molecular complexity index is 900. The van der Waals surface area contributed by atoms with Crippen LogP contribution in [0.1, 0.15) is 29.6 Å². The van der Waals surface area contributed by atoms with Crippen molar-refractivity contribution in [3.05, 3.63) is 41.4 Å². The number of rotatable bonds is 3. The lowest BCUT2D eigenvalue weighted by Gasteiger charge is -2.29. The van der Waals surface area contributed by atoms with E-state index >= 15 is 0 Å². The minimum absolute atomic E-state index is 0.122. The molecule has 8 nitrogen and oxygen atoms in total. The number of aromatic nitrogens is 2. The van der Waals surface area contributed by atoms with E-state index in [1.807, 2.05) is 0 Å². The second-order valence-electron chi connectivity index (χ2n) is 6.02. The van der Waals surface area contributed by atoms with Crippen LogP contribution in [0.15, 0.2) is 22.6 Å². The predicted molar refractivity (Wildman–Crippen MR) is 82.9 cm³/mol. The van der Waals surface area contributed by atoms with Gasteiger partial charge in [-0.2, -0.15) is 4.31 Å². The smallest absolute Gasteiger partial charge is 0.257 e. The summed E-state index contributed by atoms with van der Waals surface area (Å²) in [7, 11) is -3.31. The van der Waals surface area contributed by atoms with E-state index in [1.54, 1.807) is 6.07 Å². The van der Waals surface area contributed by atoms with Crippen LogP contribution in [0, 0.1) is 5.82 Å². The first kappa shape index (κ1) is 16.4. The average molecular weight is 369 g/mol. The Morgan fingerprint density at radius 1 is 1.24 bits per heavy atom. The van der Waals surface area contributed by atoms with E-state index in [9.17, 15) is 12.8 Å². The van der Waals surface area contributed by atoms with E-state index in [4.69, 9.17) is 13.9 Å². The first-order valence-corrected chi connectivity index (χ1v) is 9.60. The molecule has 0 N–H and O–H groups in total. The van der Waals surface area contributed by atoms with E-state index in [-0.39, 0.29) is 30.8 Å². The van der Waals surface area contributed by atoms with Gasteiger partial charge < -0.3 is 13.9 Å². The topological polar surface area (TPSA) is 94.8 Å². The Balaban J connectivity index is 1.50. The van der Waals surface area contributed by atoms with Gasteiger partial charge in [0, 0.05) is 25.1 Å². The fourth-order valence-electron chi connectivity index (χ4n) is 2.94. The van der Waals surface area contributed by atoms with Gasteiger partial charge in [-0.15, -0.1) is 10.2 Å². The van der Waals surface area contributed by atoms with Crippen LogP contribution < -0.4 is 4.74 Å². The third kappa shape index (κ3) is 3.24. The van der Waals surface area contributed by atoms with Crippen LogP contribution >= 0.6 is 0 Å². The highest BCUT2D eigenvalue weighted by atomic mass is 32.2. The lowest BCUT2D eigenvalue weighted by atomic mass is 10.1. The highest BCUT2D eigenvalue weighted by Gasteiger charge is 2.34. The van der Waals surface area contributed by atoms with Gasteiger partial charge >= 0.3 is 0 Å². The number of nitrogens with zero attached hydrogens (tertiary/aromatic N) is 3.